The summed E-state index contributed by atoms with van der Waals surface area (Å²) in [6.45, 7) is 13.6. The van der Waals surface area contributed by atoms with Crippen LogP contribution in [0.5, 0.6) is 0 Å². The molecular formula is C50H45Br3F4N10O2. The van der Waals surface area contributed by atoms with E-state index in [4.69, 9.17) is 15.2 Å². The van der Waals surface area contributed by atoms with Gasteiger partial charge >= 0.3 is 0 Å². The molecule has 0 aliphatic carbocycles. The lowest BCUT2D eigenvalue weighted by atomic mass is 10.0. The number of hydrogen-bond donors (Lipinski definition) is 2. The van der Waals surface area contributed by atoms with Crippen molar-refractivity contribution in [1.29, 1.82) is 0 Å². The summed E-state index contributed by atoms with van der Waals surface area (Å²) >= 11 is 10.3. The van der Waals surface area contributed by atoms with E-state index >= 15 is 4.39 Å². The number of nitrogens with one attached hydrogen (secondary N) is 1. The molecule has 2 fully saturated rings. The van der Waals surface area contributed by atoms with Gasteiger partial charge in [-0.05, 0) is 116 Å². The Morgan fingerprint density at radius 2 is 1.06 bits per heavy atom. The third-order valence-electron chi connectivity index (χ3n) is 11.4. The van der Waals surface area contributed by atoms with Gasteiger partial charge in [0.05, 0.1) is 97.0 Å². The van der Waals surface area contributed by atoms with Crippen LogP contribution >= 0.6 is 47.8 Å². The maximum Gasteiger partial charge on any atom is 0.137 e. The first-order chi connectivity index (χ1) is 33.1. The Morgan fingerprint density at radius 1 is 0.580 bits per heavy atom. The molecule has 356 valence electrons. The van der Waals surface area contributed by atoms with Gasteiger partial charge in [-0.25, -0.2) is 37.5 Å². The van der Waals surface area contributed by atoms with Crippen LogP contribution in [-0.4, -0.2) is 82.5 Å². The standard InChI is InChI=1S/C25H22BrF2N5O.C16H11BrF2N2.C9H12BrN3O/c1-14-3-4-29-21(9-14)24-15(2)25(23-18(28)10-16(27)11-20(23)32-24)31-19-12-22(30-13-17(19)26)33-5-7-34-8-6-33;1-8-3-4-20-13(5-8)16-9(2)15(17)14-11(19)6-10(18)7-12(14)21-16;10-7-6-12-9(5-8(7)11)13-1-3-14-4-2-13/h3-4,9-13H,5-8H2,1-2H3,(H,30,31,32);3-7H,1-2H3;5-6H,1-4H2,(H2,11,12). The van der Waals surface area contributed by atoms with Gasteiger partial charge in [0.15, 0.2) is 0 Å². The number of morpholine rings is 2. The summed E-state index contributed by atoms with van der Waals surface area (Å²) in [4.78, 5) is 30.9. The van der Waals surface area contributed by atoms with E-state index in [1.165, 1.54) is 12.1 Å². The number of nitrogens with zero attached hydrogens (tertiary/aromatic N) is 8. The molecule has 3 N–H and O–H groups in total. The van der Waals surface area contributed by atoms with Crippen LogP contribution in [-0.2, 0) is 9.47 Å². The SMILES string of the molecule is Cc1ccnc(-c2nc3cc(F)cc(F)c3c(Br)c2C)c1.Cc1ccnc(-c2nc3cc(F)cc(F)c3c(Nc3cc(N4CCOCC4)ncc3Br)c2C)c1.Nc1cc(N2CCOCC2)ncc1Br. The molecule has 6 aromatic heterocycles. The first-order valence-electron chi connectivity index (χ1n) is 21.7. The second kappa shape index (κ2) is 21.8. The second-order valence-corrected chi connectivity index (χ2v) is 18.8. The van der Waals surface area contributed by atoms with Gasteiger partial charge in [-0.15, -0.1) is 0 Å². The predicted octanol–water partition coefficient (Wildman–Crippen LogP) is 12.1. The fourth-order valence-corrected chi connectivity index (χ4v) is 8.90. The Morgan fingerprint density at radius 3 is 1.58 bits per heavy atom. The van der Waals surface area contributed by atoms with Gasteiger partial charge in [0, 0.05) is 97.4 Å². The summed E-state index contributed by atoms with van der Waals surface area (Å²) in [6.07, 6.45) is 6.84. The number of nitrogens with two attached hydrogens (primary N) is 1. The average Bonchev–Trinajstić information content (AvgIpc) is 3.33. The number of aryl methyl sites for hydroxylation is 2. The summed E-state index contributed by atoms with van der Waals surface area (Å²) in [6, 6.07) is 15.6. The van der Waals surface area contributed by atoms with Crippen molar-refractivity contribution in [2.75, 3.05) is 73.5 Å². The lowest BCUT2D eigenvalue weighted by Crippen LogP contribution is -2.36. The molecule has 2 saturated heterocycles. The summed E-state index contributed by atoms with van der Waals surface area (Å²) < 4.78 is 69.4. The highest BCUT2D eigenvalue weighted by Crippen LogP contribution is 2.39. The molecule has 2 aliphatic rings. The maximum atomic E-state index is 15.1. The van der Waals surface area contributed by atoms with Gasteiger partial charge < -0.3 is 30.3 Å². The van der Waals surface area contributed by atoms with Gasteiger partial charge in [0.1, 0.15) is 34.9 Å². The van der Waals surface area contributed by atoms with E-state index in [0.717, 1.165) is 90.0 Å². The third-order valence-corrected chi connectivity index (χ3v) is 13.7. The number of ether oxygens (including phenoxy) is 2. The monoisotopic (exact) mass is 1130 g/mol. The molecule has 0 atom stereocenters. The predicted molar refractivity (Wildman–Crippen MR) is 274 cm³/mol. The number of fused-ring (bicyclic) bond motifs is 2. The van der Waals surface area contributed by atoms with Crippen LogP contribution < -0.4 is 20.9 Å². The number of pyridine rings is 6. The number of benzene rings is 2. The van der Waals surface area contributed by atoms with E-state index in [1.807, 2.05) is 64.1 Å². The highest BCUT2D eigenvalue weighted by Gasteiger charge is 2.22. The van der Waals surface area contributed by atoms with Crippen molar-refractivity contribution in [2.45, 2.75) is 27.7 Å². The number of hydrogen-bond acceptors (Lipinski definition) is 12. The first-order valence-corrected chi connectivity index (χ1v) is 24.1. The molecule has 12 nitrogen and oxygen atoms in total. The van der Waals surface area contributed by atoms with Gasteiger partial charge in [-0.3, -0.25) is 9.97 Å². The lowest BCUT2D eigenvalue weighted by Gasteiger charge is -2.28. The van der Waals surface area contributed by atoms with E-state index in [0.29, 0.717) is 61.9 Å². The fourth-order valence-electron chi connectivity index (χ4n) is 7.79. The van der Waals surface area contributed by atoms with Crippen molar-refractivity contribution in [3.63, 3.8) is 0 Å². The van der Waals surface area contributed by atoms with Crippen molar-refractivity contribution in [2.24, 2.45) is 0 Å². The maximum absolute atomic E-state index is 15.1. The molecular weight excluding hydrogens is 1090 g/mol. The molecule has 8 heterocycles. The average molecular weight is 1130 g/mol. The van der Waals surface area contributed by atoms with E-state index in [9.17, 15) is 13.2 Å². The van der Waals surface area contributed by atoms with Crippen molar-refractivity contribution in [3.8, 4) is 22.8 Å². The number of anilines is 5. The first kappa shape index (κ1) is 49.6. The highest BCUT2D eigenvalue weighted by molar-refractivity contribution is 9.11. The molecule has 19 heteroatoms. The van der Waals surface area contributed by atoms with Crippen LogP contribution in [0.1, 0.15) is 22.3 Å². The van der Waals surface area contributed by atoms with E-state index < -0.39 is 23.3 Å². The Labute approximate surface area is 421 Å². The van der Waals surface area contributed by atoms with E-state index in [1.54, 1.807) is 24.8 Å². The van der Waals surface area contributed by atoms with Crippen molar-refractivity contribution < 1.29 is 27.0 Å². The Hall–Kier alpha value is -5.86. The quantitative estimate of drug-likeness (QED) is 0.153. The fraction of sp³-hybridized carbons (Fsp3) is 0.240. The number of rotatable bonds is 6. The summed E-state index contributed by atoms with van der Waals surface area (Å²) in [7, 11) is 0. The molecule has 0 unspecified atom stereocenters. The zero-order valence-corrected chi connectivity index (χ0v) is 42.6. The van der Waals surface area contributed by atoms with Crippen LogP contribution in [0.25, 0.3) is 44.6 Å². The summed E-state index contributed by atoms with van der Waals surface area (Å²) in [5.74, 6) is -0.931. The molecule has 69 heavy (non-hydrogen) atoms. The van der Waals surface area contributed by atoms with Crippen molar-refractivity contribution >= 4 is 98.3 Å². The normalized spacial score (nSPS) is 13.7. The third kappa shape index (κ3) is 11.4. The van der Waals surface area contributed by atoms with Crippen LogP contribution in [0.3, 0.4) is 0 Å². The largest absolute Gasteiger partial charge is 0.398 e. The van der Waals surface area contributed by atoms with Crippen LogP contribution in [0.15, 0.2) is 98.9 Å². The molecule has 0 bridgehead atoms. The highest BCUT2D eigenvalue weighted by atomic mass is 79.9. The molecule has 8 aromatic rings. The Kier molecular flexibility index (Phi) is 15.7. The minimum Gasteiger partial charge on any atom is -0.398 e. The molecule has 2 aliphatic heterocycles. The van der Waals surface area contributed by atoms with Gasteiger partial charge in [-0.1, -0.05) is 0 Å². The number of aromatic nitrogens is 6. The van der Waals surface area contributed by atoms with Crippen LogP contribution in [0, 0.1) is 51.0 Å². The number of nitrogen functional groups attached to an aromatic ring is 1. The van der Waals surface area contributed by atoms with Crippen LogP contribution in [0.4, 0.5) is 46.3 Å². The summed E-state index contributed by atoms with van der Waals surface area (Å²) in [5, 5.41) is 3.87. The van der Waals surface area contributed by atoms with Gasteiger partial charge in [-0.2, -0.15) is 0 Å². The number of halogens is 7. The van der Waals surface area contributed by atoms with E-state index in [2.05, 4.69) is 92.8 Å². The van der Waals surface area contributed by atoms with Crippen molar-refractivity contribution in [3.05, 3.63) is 144 Å². The molecule has 10 rings (SSSR count). The Bertz CT molecular complexity index is 3190. The van der Waals surface area contributed by atoms with E-state index in [-0.39, 0.29) is 21.8 Å². The molecule has 0 saturated carbocycles. The lowest BCUT2D eigenvalue weighted by molar-refractivity contribution is 0.122. The molecule has 0 radical (unpaired) electrons. The molecule has 0 amide bonds. The zero-order chi connectivity index (χ0) is 48.9. The zero-order valence-electron chi connectivity index (χ0n) is 37.9. The topological polar surface area (TPSA) is 140 Å². The van der Waals surface area contributed by atoms with Gasteiger partial charge in [0.2, 0.25) is 0 Å². The van der Waals surface area contributed by atoms with Crippen LogP contribution in [0.2, 0.25) is 0 Å². The summed E-state index contributed by atoms with van der Waals surface area (Å²) in [5.41, 5.74) is 14.2. The van der Waals surface area contributed by atoms with Crippen molar-refractivity contribution in [1.82, 2.24) is 29.9 Å². The van der Waals surface area contributed by atoms with Gasteiger partial charge in [0.25, 0.3) is 0 Å². The molecule has 2 aromatic carbocycles. The smallest absolute Gasteiger partial charge is 0.137 e. The minimum absolute atomic E-state index is 0.211. The Balaban J connectivity index is 0.000000155. The molecule has 0 spiro atoms. The second-order valence-electron chi connectivity index (χ2n) is 16.3. The minimum atomic E-state index is -0.685.